The molecule has 0 fully saturated rings. The summed E-state index contributed by atoms with van der Waals surface area (Å²) in [6, 6.07) is 9.75. The molecule has 5 heteroatoms. The van der Waals surface area contributed by atoms with E-state index in [4.69, 9.17) is 12.2 Å². The van der Waals surface area contributed by atoms with Crippen molar-refractivity contribution >= 4 is 12.2 Å². The molecule has 1 heterocycles. The number of benzene rings is 1. The Bertz CT molecular complexity index is 807. The van der Waals surface area contributed by atoms with Gasteiger partial charge in [-0.2, -0.15) is 5.26 Å². The van der Waals surface area contributed by atoms with Gasteiger partial charge in [0.15, 0.2) is 4.77 Å². The first-order valence-electron chi connectivity index (χ1n) is 6.32. The van der Waals surface area contributed by atoms with Gasteiger partial charge >= 0.3 is 0 Å². The SMILES string of the molecule is CCn1c(-c2ccc(C)cc2)c(C#N)c(=O)n(C)c1=S. The van der Waals surface area contributed by atoms with Crippen LogP contribution in [0.5, 0.6) is 0 Å². The van der Waals surface area contributed by atoms with Crippen molar-refractivity contribution in [2.24, 2.45) is 7.05 Å². The normalized spacial score (nSPS) is 10.3. The molecule has 102 valence electrons. The van der Waals surface area contributed by atoms with E-state index in [0.717, 1.165) is 11.1 Å². The number of aryl methyl sites for hydroxylation is 1. The van der Waals surface area contributed by atoms with Gasteiger partial charge < -0.3 is 4.57 Å². The van der Waals surface area contributed by atoms with Crippen LogP contribution in [-0.2, 0) is 13.6 Å². The Balaban J connectivity index is 2.95. The van der Waals surface area contributed by atoms with Crippen LogP contribution < -0.4 is 5.56 Å². The minimum absolute atomic E-state index is 0.131. The van der Waals surface area contributed by atoms with Crippen molar-refractivity contribution in [2.75, 3.05) is 0 Å². The summed E-state index contributed by atoms with van der Waals surface area (Å²) < 4.78 is 3.58. The van der Waals surface area contributed by atoms with E-state index in [2.05, 4.69) is 0 Å². The third-order valence-corrected chi connectivity index (χ3v) is 3.79. The molecule has 0 unspecified atom stereocenters. The quantitative estimate of drug-likeness (QED) is 0.797. The van der Waals surface area contributed by atoms with Crippen molar-refractivity contribution in [1.82, 2.24) is 9.13 Å². The smallest absolute Gasteiger partial charge is 0.272 e. The lowest BCUT2D eigenvalue weighted by molar-refractivity contribution is 0.660. The molecule has 0 N–H and O–H groups in total. The van der Waals surface area contributed by atoms with Crippen molar-refractivity contribution in [3.8, 4) is 17.3 Å². The molecule has 0 aliphatic carbocycles. The minimum atomic E-state index is -0.349. The van der Waals surface area contributed by atoms with Gasteiger partial charge in [-0.25, -0.2) is 0 Å². The van der Waals surface area contributed by atoms with Gasteiger partial charge in [-0.1, -0.05) is 29.8 Å². The van der Waals surface area contributed by atoms with E-state index in [9.17, 15) is 10.1 Å². The van der Waals surface area contributed by atoms with E-state index in [0.29, 0.717) is 17.0 Å². The van der Waals surface area contributed by atoms with Crippen LogP contribution >= 0.6 is 12.2 Å². The second kappa shape index (κ2) is 5.43. The zero-order chi connectivity index (χ0) is 14.9. The van der Waals surface area contributed by atoms with E-state index in [1.807, 2.05) is 48.7 Å². The van der Waals surface area contributed by atoms with Crippen LogP contribution in [0.2, 0.25) is 0 Å². The molecule has 4 nitrogen and oxygen atoms in total. The van der Waals surface area contributed by atoms with Gasteiger partial charge in [0.05, 0.1) is 5.69 Å². The summed E-state index contributed by atoms with van der Waals surface area (Å²) in [4.78, 5) is 12.2. The highest BCUT2D eigenvalue weighted by molar-refractivity contribution is 7.71. The van der Waals surface area contributed by atoms with Crippen molar-refractivity contribution in [3.05, 3.63) is 50.5 Å². The molecule has 0 saturated heterocycles. The Morgan fingerprint density at radius 1 is 1.30 bits per heavy atom. The van der Waals surface area contributed by atoms with Crippen LogP contribution in [0.3, 0.4) is 0 Å². The average molecular weight is 285 g/mol. The van der Waals surface area contributed by atoms with Crippen LogP contribution in [0, 0.1) is 23.0 Å². The number of hydrogen-bond acceptors (Lipinski definition) is 3. The van der Waals surface area contributed by atoms with E-state index in [-0.39, 0.29) is 11.1 Å². The van der Waals surface area contributed by atoms with E-state index in [1.165, 1.54) is 4.57 Å². The van der Waals surface area contributed by atoms with Crippen LogP contribution in [0.1, 0.15) is 18.1 Å². The maximum absolute atomic E-state index is 12.2. The molecule has 0 bridgehead atoms. The lowest BCUT2D eigenvalue weighted by atomic mass is 10.1. The lowest BCUT2D eigenvalue weighted by Gasteiger charge is -2.16. The number of nitrogens with zero attached hydrogens (tertiary/aromatic N) is 3. The molecule has 0 aliphatic rings. The molecule has 1 aromatic carbocycles. The highest BCUT2D eigenvalue weighted by Gasteiger charge is 2.16. The van der Waals surface area contributed by atoms with Gasteiger partial charge in [0, 0.05) is 13.6 Å². The van der Waals surface area contributed by atoms with Crippen molar-refractivity contribution in [3.63, 3.8) is 0 Å². The zero-order valence-electron chi connectivity index (χ0n) is 11.7. The predicted molar refractivity (Wildman–Crippen MR) is 81.1 cm³/mol. The average Bonchev–Trinajstić information content (AvgIpc) is 2.45. The van der Waals surface area contributed by atoms with Crippen LogP contribution in [0.25, 0.3) is 11.3 Å². The Morgan fingerprint density at radius 3 is 2.40 bits per heavy atom. The maximum atomic E-state index is 12.2. The predicted octanol–water partition coefficient (Wildman–Crippen LogP) is 2.78. The van der Waals surface area contributed by atoms with E-state index in [1.54, 1.807) is 7.05 Å². The van der Waals surface area contributed by atoms with Crippen molar-refractivity contribution in [1.29, 1.82) is 5.26 Å². The van der Waals surface area contributed by atoms with E-state index < -0.39 is 0 Å². The second-order valence-corrected chi connectivity index (χ2v) is 4.96. The fraction of sp³-hybridized carbons (Fsp3) is 0.267. The monoisotopic (exact) mass is 285 g/mol. The number of hydrogen-bond donors (Lipinski definition) is 0. The summed E-state index contributed by atoms with van der Waals surface area (Å²) in [6.07, 6.45) is 0. The minimum Gasteiger partial charge on any atom is -0.317 e. The molecule has 0 saturated carbocycles. The van der Waals surface area contributed by atoms with Gasteiger partial charge in [-0.05, 0) is 31.6 Å². The van der Waals surface area contributed by atoms with Gasteiger partial charge in [0.2, 0.25) is 0 Å². The van der Waals surface area contributed by atoms with Gasteiger partial charge in [-0.3, -0.25) is 9.36 Å². The van der Waals surface area contributed by atoms with Crippen LogP contribution in [0.4, 0.5) is 0 Å². The Morgan fingerprint density at radius 2 is 1.90 bits per heavy atom. The fourth-order valence-electron chi connectivity index (χ4n) is 2.17. The van der Waals surface area contributed by atoms with E-state index >= 15 is 0 Å². The Labute approximate surface area is 122 Å². The summed E-state index contributed by atoms with van der Waals surface area (Å²) >= 11 is 5.32. The molecule has 20 heavy (non-hydrogen) atoms. The largest absolute Gasteiger partial charge is 0.317 e. The molecular formula is C15H15N3OS. The first kappa shape index (κ1) is 14.2. The summed E-state index contributed by atoms with van der Waals surface area (Å²) in [6.45, 7) is 4.54. The Kier molecular flexibility index (Phi) is 3.86. The molecule has 0 atom stereocenters. The summed E-state index contributed by atoms with van der Waals surface area (Å²) in [5.74, 6) is 0. The second-order valence-electron chi connectivity index (χ2n) is 4.59. The van der Waals surface area contributed by atoms with Gasteiger partial charge in [0.25, 0.3) is 5.56 Å². The molecule has 2 aromatic rings. The topological polar surface area (TPSA) is 50.7 Å². The summed E-state index contributed by atoms with van der Waals surface area (Å²) in [5, 5.41) is 9.34. The third kappa shape index (κ3) is 2.19. The van der Waals surface area contributed by atoms with Crippen molar-refractivity contribution in [2.45, 2.75) is 20.4 Å². The molecule has 1 aromatic heterocycles. The fourth-order valence-corrected chi connectivity index (χ4v) is 2.48. The molecule has 0 amide bonds. The third-order valence-electron chi connectivity index (χ3n) is 3.30. The van der Waals surface area contributed by atoms with Crippen LogP contribution in [-0.4, -0.2) is 9.13 Å². The first-order valence-corrected chi connectivity index (χ1v) is 6.73. The first-order chi connectivity index (χ1) is 9.51. The molecule has 0 spiro atoms. The van der Waals surface area contributed by atoms with Gasteiger partial charge in [-0.15, -0.1) is 0 Å². The highest BCUT2D eigenvalue weighted by atomic mass is 32.1. The number of nitriles is 1. The van der Waals surface area contributed by atoms with Crippen molar-refractivity contribution < 1.29 is 0 Å². The molecule has 2 rings (SSSR count). The maximum Gasteiger partial charge on any atom is 0.272 e. The molecule has 0 aliphatic heterocycles. The zero-order valence-corrected chi connectivity index (χ0v) is 12.5. The molecular weight excluding hydrogens is 270 g/mol. The summed E-state index contributed by atoms with van der Waals surface area (Å²) in [7, 11) is 1.59. The van der Waals surface area contributed by atoms with Gasteiger partial charge in [0.1, 0.15) is 11.6 Å². The lowest BCUT2D eigenvalue weighted by Crippen LogP contribution is -2.26. The standard InChI is InChI=1S/C15H15N3OS/c1-4-18-13(11-7-5-10(2)6-8-11)12(9-16)14(19)17(3)15(18)20/h5-8H,4H2,1-3H3. The molecule has 0 radical (unpaired) electrons. The van der Waals surface area contributed by atoms with Crippen LogP contribution in [0.15, 0.2) is 29.1 Å². The highest BCUT2D eigenvalue weighted by Crippen LogP contribution is 2.22. The number of rotatable bonds is 2. The summed E-state index contributed by atoms with van der Waals surface area (Å²) in [5.41, 5.74) is 2.34. The number of aromatic nitrogens is 2. The Hall–Kier alpha value is -2.19.